The third-order valence-electron chi connectivity index (χ3n) is 2.36. The lowest BCUT2D eigenvalue weighted by molar-refractivity contribution is 0.0949. The summed E-state index contributed by atoms with van der Waals surface area (Å²) >= 11 is 0. The predicted molar refractivity (Wildman–Crippen MR) is 66.2 cm³/mol. The van der Waals surface area contributed by atoms with E-state index < -0.39 is 0 Å². The largest absolute Gasteiger partial charge is 0.372 e. The highest BCUT2D eigenvalue weighted by Gasteiger charge is 2.07. The minimum absolute atomic E-state index is 0.237. The van der Waals surface area contributed by atoms with Gasteiger partial charge in [0.25, 0.3) is 5.91 Å². The van der Waals surface area contributed by atoms with Gasteiger partial charge in [0.15, 0.2) is 0 Å². The Labute approximate surface area is 104 Å². The van der Waals surface area contributed by atoms with Crippen LogP contribution in [0.4, 0.5) is 5.82 Å². The monoisotopic (exact) mass is 246 g/mol. The molecule has 2 heterocycles. The van der Waals surface area contributed by atoms with Crippen molar-refractivity contribution in [2.24, 2.45) is 0 Å². The van der Waals surface area contributed by atoms with Gasteiger partial charge in [0.05, 0.1) is 18.7 Å². The van der Waals surface area contributed by atoms with E-state index in [1.807, 2.05) is 0 Å². The fourth-order valence-electron chi connectivity index (χ4n) is 1.42. The Morgan fingerprint density at radius 2 is 2.22 bits per heavy atom. The molecule has 0 bridgehead atoms. The Balaban J connectivity index is 1.87. The quantitative estimate of drug-likeness (QED) is 0.701. The molecule has 94 valence electrons. The first kappa shape index (κ1) is 12.0. The Bertz CT molecular complexity index is 510. The number of imidazole rings is 1. The smallest absolute Gasteiger partial charge is 0.271 e. The molecule has 1 amide bonds. The van der Waals surface area contributed by atoms with Crippen LogP contribution in [-0.4, -0.2) is 39.4 Å². The summed E-state index contributed by atoms with van der Waals surface area (Å²) < 4.78 is 0. The van der Waals surface area contributed by atoms with Gasteiger partial charge in [0.2, 0.25) is 0 Å². The molecule has 7 heteroatoms. The van der Waals surface area contributed by atoms with Gasteiger partial charge in [0, 0.05) is 31.9 Å². The summed E-state index contributed by atoms with van der Waals surface area (Å²) in [5, 5.41) is 5.61. The van der Waals surface area contributed by atoms with Crippen LogP contribution in [0.15, 0.2) is 24.9 Å². The number of hydrogen-bond donors (Lipinski definition) is 3. The van der Waals surface area contributed by atoms with Gasteiger partial charge in [-0.1, -0.05) is 0 Å². The lowest BCUT2D eigenvalue weighted by atomic mass is 10.3. The van der Waals surface area contributed by atoms with E-state index in [0.717, 1.165) is 5.69 Å². The van der Waals surface area contributed by atoms with Crippen molar-refractivity contribution < 1.29 is 4.79 Å². The molecule has 7 nitrogen and oxygen atoms in total. The van der Waals surface area contributed by atoms with Crippen molar-refractivity contribution in [2.75, 3.05) is 18.9 Å². The number of anilines is 1. The van der Waals surface area contributed by atoms with Gasteiger partial charge >= 0.3 is 0 Å². The van der Waals surface area contributed by atoms with Crippen LogP contribution in [0.25, 0.3) is 0 Å². The highest BCUT2D eigenvalue weighted by molar-refractivity contribution is 5.92. The molecule has 2 aromatic rings. The molecule has 2 aromatic heterocycles. The summed E-state index contributed by atoms with van der Waals surface area (Å²) in [6.07, 6.45) is 7.03. The number of rotatable bonds is 5. The molecule has 0 radical (unpaired) electrons. The molecular weight excluding hydrogens is 232 g/mol. The molecule has 0 aliphatic heterocycles. The number of aromatic nitrogens is 4. The SMILES string of the molecule is CNc1cncc(C(=O)NCCc2cnc[nH]2)n1. The first-order valence-electron chi connectivity index (χ1n) is 5.55. The second-order valence-corrected chi connectivity index (χ2v) is 3.62. The number of carbonyl (C=O) groups excluding carboxylic acids is 1. The van der Waals surface area contributed by atoms with Crippen LogP contribution >= 0.6 is 0 Å². The maximum absolute atomic E-state index is 11.8. The van der Waals surface area contributed by atoms with Crippen LogP contribution in [0.5, 0.6) is 0 Å². The van der Waals surface area contributed by atoms with Gasteiger partial charge in [0.1, 0.15) is 11.5 Å². The van der Waals surface area contributed by atoms with Crippen LogP contribution < -0.4 is 10.6 Å². The summed E-state index contributed by atoms with van der Waals surface area (Å²) in [6, 6.07) is 0. The van der Waals surface area contributed by atoms with Crippen molar-refractivity contribution in [1.82, 2.24) is 25.3 Å². The zero-order valence-electron chi connectivity index (χ0n) is 9.97. The topological polar surface area (TPSA) is 95.6 Å². The molecule has 0 saturated carbocycles. The molecule has 0 aromatic carbocycles. The lowest BCUT2D eigenvalue weighted by Gasteiger charge is -2.04. The van der Waals surface area contributed by atoms with Crippen molar-refractivity contribution >= 4 is 11.7 Å². The van der Waals surface area contributed by atoms with E-state index >= 15 is 0 Å². The normalized spacial score (nSPS) is 10.1. The van der Waals surface area contributed by atoms with Crippen molar-refractivity contribution in [2.45, 2.75) is 6.42 Å². The van der Waals surface area contributed by atoms with E-state index in [1.165, 1.54) is 6.20 Å². The average Bonchev–Trinajstić information content (AvgIpc) is 2.92. The summed E-state index contributed by atoms with van der Waals surface area (Å²) in [6.45, 7) is 0.520. The summed E-state index contributed by atoms with van der Waals surface area (Å²) in [5.74, 6) is 0.329. The molecule has 0 saturated heterocycles. The molecule has 0 aliphatic rings. The van der Waals surface area contributed by atoms with Gasteiger partial charge in [-0.3, -0.25) is 9.78 Å². The molecule has 18 heavy (non-hydrogen) atoms. The van der Waals surface area contributed by atoms with E-state index in [9.17, 15) is 4.79 Å². The number of carbonyl (C=O) groups is 1. The minimum Gasteiger partial charge on any atom is -0.372 e. The van der Waals surface area contributed by atoms with Gasteiger partial charge in [-0.2, -0.15) is 0 Å². The summed E-state index contributed by atoms with van der Waals surface area (Å²) in [7, 11) is 1.73. The van der Waals surface area contributed by atoms with Gasteiger partial charge in [-0.05, 0) is 0 Å². The third-order valence-corrected chi connectivity index (χ3v) is 2.36. The number of nitrogens with zero attached hydrogens (tertiary/aromatic N) is 3. The highest BCUT2D eigenvalue weighted by atomic mass is 16.1. The predicted octanol–water partition coefficient (Wildman–Crippen LogP) is 0.214. The Morgan fingerprint density at radius 1 is 1.33 bits per heavy atom. The molecule has 3 N–H and O–H groups in total. The summed E-state index contributed by atoms with van der Waals surface area (Å²) in [4.78, 5) is 26.7. The Kier molecular flexibility index (Phi) is 3.85. The van der Waals surface area contributed by atoms with Crippen molar-refractivity contribution in [3.05, 3.63) is 36.3 Å². The maximum Gasteiger partial charge on any atom is 0.271 e. The van der Waals surface area contributed by atoms with E-state index in [1.54, 1.807) is 25.8 Å². The fraction of sp³-hybridized carbons (Fsp3) is 0.273. The number of H-pyrrole nitrogens is 1. The molecule has 0 atom stereocenters. The number of amides is 1. The second-order valence-electron chi connectivity index (χ2n) is 3.62. The number of hydrogen-bond acceptors (Lipinski definition) is 5. The maximum atomic E-state index is 11.8. The van der Waals surface area contributed by atoms with E-state index in [-0.39, 0.29) is 5.91 Å². The Morgan fingerprint density at radius 3 is 2.94 bits per heavy atom. The molecule has 0 aliphatic carbocycles. The van der Waals surface area contributed by atoms with E-state index in [4.69, 9.17) is 0 Å². The lowest BCUT2D eigenvalue weighted by Crippen LogP contribution is -2.26. The standard InChI is InChI=1S/C11H14N6O/c1-12-10-6-13-5-9(17-10)11(18)15-3-2-8-4-14-7-16-8/h4-7H,2-3H2,1H3,(H,12,17)(H,14,16)(H,15,18). The average molecular weight is 246 g/mol. The van der Waals surface area contributed by atoms with Gasteiger partial charge in [-0.15, -0.1) is 0 Å². The van der Waals surface area contributed by atoms with E-state index in [0.29, 0.717) is 24.5 Å². The van der Waals surface area contributed by atoms with Crippen molar-refractivity contribution in [3.8, 4) is 0 Å². The molecule has 2 rings (SSSR count). The highest BCUT2D eigenvalue weighted by Crippen LogP contribution is 2.00. The van der Waals surface area contributed by atoms with Crippen LogP contribution in [0.3, 0.4) is 0 Å². The first-order chi connectivity index (χ1) is 8.79. The van der Waals surface area contributed by atoms with E-state index in [2.05, 4.69) is 30.6 Å². The zero-order valence-corrected chi connectivity index (χ0v) is 9.97. The Hall–Kier alpha value is -2.44. The van der Waals surface area contributed by atoms with Crippen LogP contribution in [-0.2, 0) is 6.42 Å². The number of nitrogens with one attached hydrogen (secondary N) is 3. The zero-order chi connectivity index (χ0) is 12.8. The minimum atomic E-state index is -0.237. The van der Waals surface area contributed by atoms with Crippen molar-refractivity contribution in [3.63, 3.8) is 0 Å². The van der Waals surface area contributed by atoms with Gasteiger partial charge in [-0.25, -0.2) is 9.97 Å². The summed E-state index contributed by atoms with van der Waals surface area (Å²) in [5.41, 5.74) is 1.27. The molecule has 0 unspecified atom stereocenters. The van der Waals surface area contributed by atoms with Gasteiger partial charge < -0.3 is 15.6 Å². The fourth-order valence-corrected chi connectivity index (χ4v) is 1.42. The second kappa shape index (κ2) is 5.76. The number of aromatic amines is 1. The van der Waals surface area contributed by atoms with Crippen LogP contribution in [0.1, 0.15) is 16.2 Å². The van der Waals surface area contributed by atoms with Crippen LogP contribution in [0, 0.1) is 0 Å². The third kappa shape index (κ3) is 3.03. The molecule has 0 spiro atoms. The van der Waals surface area contributed by atoms with Crippen molar-refractivity contribution in [1.29, 1.82) is 0 Å². The molecule has 0 fully saturated rings. The first-order valence-corrected chi connectivity index (χ1v) is 5.55. The molecular formula is C11H14N6O. The van der Waals surface area contributed by atoms with Crippen LogP contribution in [0.2, 0.25) is 0 Å².